The molecule has 16 heteroatoms. The molecule has 0 radical (unpaired) electrons. The van der Waals surface area contributed by atoms with Crippen LogP contribution in [0.4, 0.5) is 0 Å². The van der Waals surface area contributed by atoms with Gasteiger partial charge in [-0.1, -0.05) is 83.9 Å². The quantitative estimate of drug-likeness (QED) is 0.105. The number of nitrogens with one attached hydrogen (secondary N) is 1. The van der Waals surface area contributed by atoms with E-state index in [1.54, 1.807) is 110 Å². The molecular formula is C57H50Cl2N4O10. The zero-order valence-electron chi connectivity index (χ0n) is 40.7. The first kappa shape index (κ1) is 52.5. The third kappa shape index (κ3) is 11.7. The standard InChI is InChI=1S/C32H32ClN3O5.C25H18ClNO5/c1-32(2,19-27(37)35(3)4)34-30(39)21-13-11-20(12-14-21)17-25-28(31(40)41-5)36(23-9-7-6-8-10-23)26-18-22(33)15-16-24(26)29(25)38;1-32-25(31)22-20(13-15-7-9-16(10-8-15)24(29)30)23(28)19-12-11-17(26)14-21(19)27(22)18-5-3-2-4-6-18/h6-16,18H,17,19H2,1-5H3,(H,34,39);2-12,14H,13H2,1H3,(H,29,30). The number of halogens is 2. The van der Waals surface area contributed by atoms with Crippen molar-refractivity contribution < 1.29 is 38.6 Å². The van der Waals surface area contributed by atoms with Gasteiger partial charge in [0.1, 0.15) is 11.4 Å². The van der Waals surface area contributed by atoms with Gasteiger partial charge in [0.25, 0.3) is 5.91 Å². The molecule has 2 heterocycles. The Labute approximate surface area is 429 Å². The summed E-state index contributed by atoms with van der Waals surface area (Å²) in [7, 11) is 5.87. The minimum Gasteiger partial charge on any atom is -0.478 e. The predicted molar refractivity (Wildman–Crippen MR) is 282 cm³/mol. The second-order valence-electron chi connectivity index (χ2n) is 17.8. The third-order valence-electron chi connectivity index (χ3n) is 12.0. The maximum atomic E-state index is 13.8. The number of aromatic nitrogens is 2. The molecule has 0 aliphatic rings. The Morgan fingerprint density at radius 2 is 0.986 bits per heavy atom. The fourth-order valence-electron chi connectivity index (χ4n) is 8.36. The molecule has 2 amide bonds. The van der Waals surface area contributed by atoms with Gasteiger partial charge in [0.15, 0.2) is 10.9 Å². The maximum absolute atomic E-state index is 13.8. The molecule has 14 nitrogen and oxygen atoms in total. The second-order valence-corrected chi connectivity index (χ2v) is 18.7. The number of ether oxygens (including phenoxy) is 2. The maximum Gasteiger partial charge on any atom is 0.355 e. The number of hydrogen-bond acceptors (Lipinski definition) is 9. The van der Waals surface area contributed by atoms with Crippen LogP contribution in [0.15, 0.2) is 155 Å². The van der Waals surface area contributed by atoms with Gasteiger partial charge in [-0.25, -0.2) is 14.4 Å². The van der Waals surface area contributed by atoms with Crippen LogP contribution in [0.2, 0.25) is 10.0 Å². The lowest BCUT2D eigenvalue weighted by Crippen LogP contribution is -2.46. The molecule has 0 unspecified atom stereocenters. The zero-order chi connectivity index (χ0) is 52.7. The van der Waals surface area contributed by atoms with Crippen LogP contribution in [0.25, 0.3) is 33.2 Å². The predicted octanol–water partition coefficient (Wildman–Crippen LogP) is 9.73. The van der Waals surface area contributed by atoms with Crippen LogP contribution in [0, 0.1) is 0 Å². The average molecular weight is 1020 g/mol. The highest BCUT2D eigenvalue weighted by Gasteiger charge is 2.28. The number of pyridine rings is 2. The fourth-order valence-corrected chi connectivity index (χ4v) is 8.70. The lowest BCUT2D eigenvalue weighted by atomic mass is 9.97. The van der Waals surface area contributed by atoms with Gasteiger partial charge >= 0.3 is 17.9 Å². The molecule has 0 fully saturated rings. The van der Waals surface area contributed by atoms with Crippen LogP contribution in [0.3, 0.4) is 0 Å². The van der Waals surface area contributed by atoms with Crippen molar-refractivity contribution in [1.29, 1.82) is 0 Å². The molecule has 372 valence electrons. The zero-order valence-corrected chi connectivity index (χ0v) is 42.2. The van der Waals surface area contributed by atoms with E-state index in [9.17, 15) is 33.6 Å². The van der Waals surface area contributed by atoms with Gasteiger partial charge in [-0.2, -0.15) is 0 Å². The van der Waals surface area contributed by atoms with Crippen molar-refractivity contribution in [2.45, 2.75) is 38.6 Å². The van der Waals surface area contributed by atoms with E-state index in [4.69, 9.17) is 37.8 Å². The summed E-state index contributed by atoms with van der Waals surface area (Å²) in [5, 5.41) is 13.7. The van der Waals surface area contributed by atoms with Crippen LogP contribution in [0.1, 0.15) is 84.2 Å². The minimum atomic E-state index is -1.04. The molecule has 8 aromatic rings. The number of esters is 2. The molecule has 2 aromatic heterocycles. The summed E-state index contributed by atoms with van der Waals surface area (Å²) in [4.78, 5) is 91.1. The van der Waals surface area contributed by atoms with Gasteiger partial charge in [-0.3, -0.25) is 19.2 Å². The van der Waals surface area contributed by atoms with Crippen LogP contribution < -0.4 is 16.2 Å². The van der Waals surface area contributed by atoms with Crippen molar-refractivity contribution in [3.63, 3.8) is 0 Å². The van der Waals surface area contributed by atoms with Crippen molar-refractivity contribution in [1.82, 2.24) is 19.4 Å². The monoisotopic (exact) mass is 1020 g/mol. The molecule has 0 bridgehead atoms. The molecule has 0 saturated carbocycles. The summed E-state index contributed by atoms with van der Waals surface area (Å²) >= 11 is 12.5. The molecule has 0 saturated heterocycles. The minimum absolute atomic E-state index is 0.0918. The number of hydrogen-bond donors (Lipinski definition) is 2. The highest BCUT2D eigenvalue weighted by Crippen LogP contribution is 2.29. The SMILES string of the molecule is COC(=O)c1c(Cc2ccc(C(=O)NC(C)(C)CC(=O)N(C)C)cc2)c(=O)c2ccc(Cl)cc2n1-c1ccccc1.COC(=O)c1c(Cc2ccc(C(=O)O)cc2)c(=O)c2ccc(Cl)cc2n1-c1ccccc1. The largest absolute Gasteiger partial charge is 0.478 e. The number of para-hydroxylation sites is 2. The molecule has 0 atom stereocenters. The molecule has 8 rings (SSSR count). The van der Waals surface area contributed by atoms with E-state index in [1.807, 2.05) is 60.7 Å². The highest BCUT2D eigenvalue weighted by molar-refractivity contribution is 6.31. The van der Waals surface area contributed by atoms with E-state index in [0.29, 0.717) is 54.4 Å². The Balaban J connectivity index is 0.000000220. The van der Waals surface area contributed by atoms with E-state index < -0.39 is 23.4 Å². The summed E-state index contributed by atoms with van der Waals surface area (Å²) < 4.78 is 13.6. The molecule has 6 aromatic carbocycles. The summed E-state index contributed by atoms with van der Waals surface area (Å²) in [6.45, 7) is 3.58. The number of nitrogens with zero attached hydrogens (tertiary/aromatic N) is 3. The van der Waals surface area contributed by atoms with E-state index in [-0.39, 0.29) is 70.0 Å². The Morgan fingerprint density at radius 3 is 1.36 bits per heavy atom. The van der Waals surface area contributed by atoms with Crippen molar-refractivity contribution >= 4 is 74.7 Å². The number of amides is 2. The van der Waals surface area contributed by atoms with Crippen molar-refractivity contribution in [3.05, 3.63) is 221 Å². The summed E-state index contributed by atoms with van der Waals surface area (Å²) in [5.41, 5.74) is 3.60. The molecule has 0 aliphatic heterocycles. The first-order chi connectivity index (χ1) is 34.8. The number of carbonyl (C=O) groups excluding carboxylic acids is 4. The smallest absolute Gasteiger partial charge is 0.355 e. The Kier molecular flexibility index (Phi) is 16.1. The number of carbonyl (C=O) groups is 5. The van der Waals surface area contributed by atoms with Crippen LogP contribution >= 0.6 is 23.2 Å². The third-order valence-corrected chi connectivity index (χ3v) is 12.4. The number of fused-ring (bicyclic) bond motifs is 2. The van der Waals surface area contributed by atoms with Crippen molar-refractivity contribution in [2.24, 2.45) is 0 Å². The Bertz CT molecular complexity index is 3540. The molecular weight excluding hydrogens is 972 g/mol. The molecule has 73 heavy (non-hydrogen) atoms. The number of carboxylic acids is 1. The van der Waals surface area contributed by atoms with E-state index in [1.165, 1.54) is 31.3 Å². The van der Waals surface area contributed by atoms with Gasteiger partial charge in [0.2, 0.25) is 5.91 Å². The molecule has 0 spiro atoms. The normalized spacial score (nSPS) is 11.1. The Hall–Kier alpha value is -8.33. The first-order valence-electron chi connectivity index (χ1n) is 22.8. The summed E-state index contributed by atoms with van der Waals surface area (Å²) in [6.07, 6.45) is 0.398. The van der Waals surface area contributed by atoms with Gasteiger partial charge in [-0.05, 0) is 110 Å². The number of methoxy groups -OCH3 is 2. The van der Waals surface area contributed by atoms with Crippen molar-refractivity contribution in [2.75, 3.05) is 28.3 Å². The van der Waals surface area contributed by atoms with Crippen molar-refractivity contribution in [3.8, 4) is 11.4 Å². The van der Waals surface area contributed by atoms with E-state index >= 15 is 0 Å². The second kappa shape index (κ2) is 22.4. The lowest BCUT2D eigenvalue weighted by Gasteiger charge is -2.27. The van der Waals surface area contributed by atoms with Crippen LogP contribution in [-0.4, -0.2) is 82.7 Å². The fraction of sp³-hybridized carbons (Fsp3) is 0.175. The Morgan fingerprint density at radius 1 is 0.589 bits per heavy atom. The van der Waals surface area contributed by atoms with Gasteiger partial charge < -0.3 is 33.9 Å². The topological polar surface area (TPSA) is 183 Å². The van der Waals surface area contributed by atoms with Gasteiger partial charge in [0, 0.05) is 87.8 Å². The average Bonchev–Trinajstić information content (AvgIpc) is 3.37. The van der Waals surface area contributed by atoms with Crippen LogP contribution in [-0.2, 0) is 27.1 Å². The number of rotatable bonds is 13. The molecule has 0 aliphatic carbocycles. The van der Waals surface area contributed by atoms with E-state index in [2.05, 4.69) is 5.32 Å². The number of benzene rings is 6. The number of carboxylic acid groups (broad SMARTS) is 1. The first-order valence-corrected chi connectivity index (χ1v) is 23.5. The van der Waals surface area contributed by atoms with E-state index in [0.717, 1.165) is 5.56 Å². The van der Waals surface area contributed by atoms with Gasteiger partial charge in [0.05, 0.1) is 30.8 Å². The van der Waals surface area contributed by atoms with Crippen LogP contribution in [0.5, 0.6) is 0 Å². The lowest BCUT2D eigenvalue weighted by molar-refractivity contribution is -0.129. The summed E-state index contributed by atoms with van der Waals surface area (Å²) in [6, 6.07) is 41.2. The molecule has 2 N–H and O–H groups in total. The number of aromatic carboxylic acids is 1. The highest BCUT2D eigenvalue weighted by atomic mass is 35.5. The summed E-state index contributed by atoms with van der Waals surface area (Å²) in [5.74, 6) is -2.78. The van der Waals surface area contributed by atoms with Gasteiger partial charge in [-0.15, -0.1) is 0 Å².